The minimum Gasteiger partial charge on any atom is -0.388 e. The molecule has 2 aromatic carbocycles. The summed E-state index contributed by atoms with van der Waals surface area (Å²) in [6.45, 7) is 0. The summed E-state index contributed by atoms with van der Waals surface area (Å²) in [5.41, 5.74) is -0.648. The van der Waals surface area contributed by atoms with Crippen molar-refractivity contribution in [3.8, 4) is 0 Å². The van der Waals surface area contributed by atoms with Gasteiger partial charge in [-0.1, -0.05) is 28.1 Å². The lowest BCUT2D eigenvalue weighted by molar-refractivity contribution is -0.137. The Morgan fingerprint density at radius 3 is 2.43 bits per heavy atom. The Morgan fingerprint density at radius 2 is 1.81 bits per heavy atom. The zero-order valence-electron chi connectivity index (χ0n) is 10.7. The minimum absolute atomic E-state index is 0.0255. The van der Waals surface area contributed by atoms with Gasteiger partial charge in [-0.25, -0.2) is 4.39 Å². The van der Waals surface area contributed by atoms with Crippen LogP contribution in [0.3, 0.4) is 0 Å². The van der Waals surface area contributed by atoms with Crippen molar-refractivity contribution in [2.45, 2.75) is 18.7 Å². The highest BCUT2D eigenvalue weighted by Gasteiger charge is 2.31. The van der Waals surface area contributed by atoms with Gasteiger partial charge in [0, 0.05) is 16.5 Å². The monoisotopic (exact) mass is 362 g/mol. The third-order valence-electron chi connectivity index (χ3n) is 3.00. The van der Waals surface area contributed by atoms with Gasteiger partial charge in [-0.3, -0.25) is 0 Å². The molecule has 0 aliphatic rings. The molecule has 112 valence electrons. The van der Waals surface area contributed by atoms with E-state index in [4.69, 9.17) is 0 Å². The van der Waals surface area contributed by atoms with Crippen LogP contribution in [-0.4, -0.2) is 5.11 Å². The molecular formula is C15H11BrF4O. The van der Waals surface area contributed by atoms with E-state index in [1.54, 1.807) is 24.3 Å². The molecule has 1 N–H and O–H groups in total. The first kappa shape index (κ1) is 16.0. The summed E-state index contributed by atoms with van der Waals surface area (Å²) in [5.74, 6) is -0.856. The Morgan fingerprint density at radius 1 is 1.10 bits per heavy atom. The lowest BCUT2D eigenvalue weighted by atomic mass is 9.99. The minimum atomic E-state index is -4.57. The van der Waals surface area contributed by atoms with Gasteiger partial charge < -0.3 is 5.11 Å². The summed E-state index contributed by atoms with van der Waals surface area (Å²) in [6, 6.07) is 8.97. The topological polar surface area (TPSA) is 20.2 Å². The van der Waals surface area contributed by atoms with Gasteiger partial charge in [0.2, 0.25) is 0 Å². The molecule has 0 heterocycles. The van der Waals surface area contributed by atoms with Crippen LogP contribution in [0.1, 0.15) is 22.8 Å². The first-order chi connectivity index (χ1) is 9.77. The van der Waals surface area contributed by atoms with Gasteiger partial charge in [0.15, 0.2) is 0 Å². The number of alkyl halides is 3. The number of benzene rings is 2. The molecule has 2 aromatic rings. The Bertz CT molecular complexity index is 640. The summed E-state index contributed by atoms with van der Waals surface area (Å²) in [5, 5.41) is 10.0. The average Bonchev–Trinajstić information content (AvgIpc) is 2.37. The van der Waals surface area contributed by atoms with E-state index in [0.717, 1.165) is 10.5 Å². The van der Waals surface area contributed by atoms with Gasteiger partial charge in [-0.05, 0) is 35.9 Å². The maximum absolute atomic E-state index is 13.7. The Labute approximate surface area is 127 Å². The molecule has 21 heavy (non-hydrogen) atoms. The molecule has 1 nitrogen and oxygen atoms in total. The van der Waals surface area contributed by atoms with Crippen molar-refractivity contribution in [3.05, 3.63) is 69.4 Å². The molecule has 1 atom stereocenters. The van der Waals surface area contributed by atoms with E-state index in [2.05, 4.69) is 15.9 Å². The van der Waals surface area contributed by atoms with Crippen LogP contribution in [-0.2, 0) is 12.6 Å². The highest BCUT2D eigenvalue weighted by atomic mass is 79.9. The fraction of sp³-hybridized carbons (Fsp3) is 0.200. The van der Waals surface area contributed by atoms with Crippen molar-refractivity contribution in [1.29, 1.82) is 0 Å². The number of halogens is 5. The highest BCUT2D eigenvalue weighted by molar-refractivity contribution is 9.10. The number of rotatable bonds is 3. The van der Waals surface area contributed by atoms with E-state index < -0.39 is 23.7 Å². The second-order valence-corrected chi connectivity index (χ2v) is 5.50. The van der Waals surface area contributed by atoms with Crippen LogP contribution in [0.4, 0.5) is 17.6 Å². The maximum atomic E-state index is 13.7. The van der Waals surface area contributed by atoms with E-state index in [0.29, 0.717) is 17.7 Å². The molecule has 0 fully saturated rings. The van der Waals surface area contributed by atoms with E-state index >= 15 is 0 Å². The van der Waals surface area contributed by atoms with Crippen LogP contribution in [0.15, 0.2) is 46.9 Å². The fourth-order valence-electron chi connectivity index (χ4n) is 1.97. The lowest BCUT2D eigenvalue weighted by Gasteiger charge is -2.15. The normalized spacial score (nSPS) is 13.2. The van der Waals surface area contributed by atoms with E-state index in [1.165, 1.54) is 0 Å². The molecule has 0 aliphatic carbocycles. The van der Waals surface area contributed by atoms with Crippen LogP contribution in [0.2, 0.25) is 0 Å². The van der Waals surface area contributed by atoms with Crippen molar-refractivity contribution in [3.63, 3.8) is 0 Å². The fourth-order valence-corrected chi connectivity index (χ4v) is 2.42. The number of hydrogen-bond acceptors (Lipinski definition) is 1. The first-order valence-electron chi connectivity index (χ1n) is 6.06. The van der Waals surface area contributed by atoms with Gasteiger partial charge in [-0.15, -0.1) is 0 Å². The van der Waals surface area contributed by atoms with Crippen LogP contribution in [0, 0.1) is 5.82 Å². The summed E-state index contributed by atoms with van der Waals surface area (Å²) in [7, 11) is 0. The molecule has 0 aromatic heterocycles. The predicted molar refractivity (Wildman–Crippen MR) is 74.2 cm³/mol. The van der Waals surface area contributed by atoms with Gasteiger partial charge in [0.1, 0.15) is 5.82 Å². The Hall–Kier alpha value is -1.40. The van der Waals surface area contributed by atoms with Gasteiger partial charge in [0.25, 0.3) is 0 Å². The molecule has 6 heteroatoms. The predicted octanol–water partition coefficient (Wildman–Crippen LogP) is 4.88. The third kappa shape index (κ3) is 4.04. The Balaban J connectivity index is 2.28. The molecular weight excluding hydrogens is 352 g/mol. The standard InChI is InChI=1S/C15H11BrF4O/c16-11-3-1-2-9(6-11)7-14(21)12-8-10(15(18,19)20)4-5-13(12)17/h1-6,8,14,21H,7H2. The van der Waals surface area contributed by atoms with Crippen LogP contribution < -0.4 is 0 Å². The lowest BCUT2D eigenvalue weighted by Crippen LogP contribution is -2.10. The summed E-state index contributed by atoms with van der Waals surface area (Å²) < 4.78 is 52.3. The van der Waals surface area contributed by atoms with E-state index in [9.17, 15) is 22.7 Å². The third-order valence-corrected chi connectivity index (χ3v) is 3.49. The SMILES string of the molecule is OC(Cc1cccc(Br)c1)c1cc(C(F)(F)F)ccc1F. The first-order valence-corrected chi connectivity index (χ1v) is 6.86. The molecule has 1 unspecified atom stereocenters. The average molecular weight is 363 g/mol. The van der Waals surface area contributed by atoms with Gasteiger partial charge in [0.05, 0.1) is 11.7 Å². The van der Waals surface area contributed by atoms with Crippen molar-refractivity contribution in [2.75, 3.05) is 0 Å². The van der Waals surface area contributed by atoms with Gasteiger partial charge in [-0.2, -0.15) is 13.2 Å². The summed E-state index contributed by atoms with van der Waals surface area (Å²) >= 11 is 3.26. The molecule has 0 spiro atoms. The molecule has 0 bridgehead atoms. The summed E-state index contributed by atoms with van der Waals surface area (Å²) in [6.07, 6.45) is -5.89. The zero-order chi connectivity index (χ0) is 15.6. The second kappa shape index (κ2) is 6.15. The van der Waals surface area contributed by atoms with E-state index in [1.807, 2.05) is 0 Å². The molecule has 0 radical (unpaired) electrons. The molecule has 2 rings (SSSR count). The van der Waals surface area contributed by atoms with Crippen molar-refractivity contribution < 1.29 is 22.7 Å². The molecule has 0 saturated carbocycles. The van der Waals surface area contributed by atoms with E-state index in [-0.39, 0.29) is 12.0 Å². The smallest absolute Gasteiger partial charge is 0.388 e. The van der Waals surface area contributed by atoms with Crippen LogP contribution >= 0.6 is 15.9 Å². The highest BCUT2D eigenvalue weighted by Crippen LogP contribution is 2.32. The zero-order valence-corrected chi connectivity index (χ0v) is 12.2. The van der Waals surface area contributed by atoms with Crippen molar-refractivity contribution >= 4 is 15.9 Å². The number of hydrogen-bond donors (Lipinski definition) is 1. The van der Waals surface area contributed by atoms with Crippen molar-refractivity contribution in [1.82, 2.24) is 0 Å². The number of aliphatic hydroxyl groups is 1. The largest absolute Gasteiger partial charge is 0.416 e. The number of aliphatic hydroxyl groups excluding tert-OH is 1. The Kier molecular flexibility index (Phi) is 4.68. The molecule has 0 amide bonds. The maximum Gasteiger partial charge on any atom is 0.416 e. The second-order valence-electron chi connectivity index (χ2n) is 4.58. The van der Waals surface area contributed by atoms with Crippen molar-refractivity contribution in [2.24, 2.45) is 0 Å². The molecule has 0 aliphatic heterocycles. The van der Waals surface area contributed by atoms with Gasteiger partial charge >= 0.3 is 6.18 Å². The summed E-state index contributed by atoms with van der Waals surface area (Å²) in [4.78, 5) is 0. The van der Waals surface area contributed by atoms with Crippen LogP contribution in [0.25, 0.3) is 0 Å². The van der Waals surface area contributed by atoms with Crippen LogP contribution in [0.5, 0.6) is 0 Å². The molecule has 0 saturated heterocycles. The quantitative estimate of drug-likeness (QED) is 0.771.